The Morgan fingerprint density at radius 1 is 1.19 bits per heavy atom. The Bertz CT molecular complexity index is 902. The molecular formula is C25H33N3O4. The lowest BCUT2D eigenvalue weighted by Crippen LogP contribution is -2.44. The first-order valence-electron chi connectivity index (χ1n) is 11.4. The summed E-state index contributed by atoms with van der Waals surface area (Å²) in [7, 11) is 0. The van der Waals surface area contributed by atoms with Gasteiger partial charge >= 0.3 is 0 Å². The summed E-state index contributed by atoms with van der Waals surface area (Å²) >= 11 is 0. The van der Waals surface area contributed by atoms with Gasteiger partial charge < -0.3 is 19.9 Å². The Hall–Kier alpha value is -2.64. The van der Waals surface area contributed by atoms with Gasteiger partial charge in [-0.3, -0.25) is 9.69 Å². The molecule has 1 aromatic carbocycles. The Morgan fingerprint density at radius 2 is 1.91 bits per heavy atom. The van der Waals surface area contributed by atoms with Crippen LogP contribution in [0.3, 0.4) is 0 Å². The molecule has 32 heavy (non-hydrogen) atoms. The van der Waals surface area contributed by atoms with Crippen molar-refractivity contribution in [1.82, 2.24) is 15.2 Å². The number of benzene rings is 1. The largest absolute Gasteiger partial charge is 0.484 e. The van der Waals surface area contributed by atoms with Crippen LogP contribution in [0.25, 0.3) is 0 Å². The number of piperidine rings is 1. The third-order valence-corrected chi connectivity index (χ3v) is 5.99. The topological polar surface area (TPSA) is 83.9 Å². The maximum atomic E-state index is 12.3. The van der Waals surface area contributed by atoms with Crippen LogP contribution in [0, 0.1) is 5.92 Å². The van der Waals surface area contributed by atoms with E-state index in [0.29, 0.717) is 24.8 Å². The fourth-order valence-electron chi connectivity index (χ4n) is 4.15. The van der Waals surface area contributed by atoms with Crippen molar-refractivity contribution in [1.29, 1.82) is 0 Å². The van der Waals surface area contributed by atoms with Crippen LogP contribution in [-0.2, 0) is 17.8 Å². The first-order chi connectivity index (χ1) is 15.4. The van der Waals surface area contributed by atoms with Crippen molar-refractivity contribution >= 4 is 5.91 Å². The molecule has 2 aromatic rings. The van der Waals surface area contributed by atoms with Crippen molar-refractivity contribution in [3.63, 3.8) is 0 Å². The molecule has 0 bridgehead atoms. The fraction of sp³-hybridized carbons (Fsp3) is 0.520. The monoisotopic (exact) mass is 439 g/mol. The van der Waals surface area contributed by atoms with E-state index in [1.165, 1.54) is 11.1 Å². The highest BCUT2D eigenvalue weighted by Gasteiger charge is 2.26. The summed E-state index contributed by atoms with van der Waals surface area (Å²) in [6.07, 6.45) is 4.16. The molecule has 172 valence electrons. The number of aliphatic hydroxyl groups is 1. The molecule has 0 aliphatic carbocycles. The third kappa shape index (κ3) is 6.20. The molecule has 2 N–H and O–H groups in total. The number of amides is 1. The number of hydrogen-bond acceptors (Lipinski definition) is 6. The molecule has 7 nitrogen and oxygen atoms in total. The number of aromatic nitrogens is 1. The van der Waals surface area contributed by atoms with Crippen LogP contribution in [-0.4, -0.2) is 58.8 Å². The normalized spacial score (nSPS) is 19.5. The molecule has 1 amide bonds. The van der Waals surface area contributed by atoms with Crippen LogP contribution >= 0.6 is 0 Å². The second-order valence-corrected chi connectivity index (χ2v) is 9.46. The average Bonchev–Trinajstić information content (AvgIpc) is 2.79. The van der Waals surface area contributed by atoms with Crippen LogP contribution in [0.4, 0.5) is 0 Å². The molecule has 1 saturated heterocycles. The summed E-state index contributed by atoms with van der Waals surface area (Å²) in [6.45, 7) is 6.92. The van der Waals surface area contributed by atoms with Gasteiger partial charge in [0, 0.05) is 31.6 Å². The number of nitrogens with zero attached hydrogens (tertiary/aromatic N) is 2. The number of ether oxygens (including phenoxy) is 2. The molecule has 0 saturated carbocycles. The smallest absolute Gasteiger partial charge is 0.257 e. The molecule has 0 radical (unpaired) electrons. The Morgan fingerprint density at radius 3 is 2.62 bits per heavy atom. The molecule has 3 heterocycles. The van der Waals surface area contributed by atoms with Crippen molar-refractivity contribution < 1.29 is 19.4 Å². The lowest BCUT2D eigenvalue weighted by molar-refractivity contribution is -0.127. The van der Waals surface area contributed by atoms with E-state index in [-0.39, 0.29) is 17.9 Å². The average molecular weight is 440 g/mol. The van der Waals surface area contributed by atoms with Gasteiger partial charge in [0.1, 0.15) is 12.7 Å². The summed E-state index contributed by atoms with van der Waals surface area (Å²) in [6, 6.07) is 12.4. The van der Waals surface area contributed by atoms with Crippen molar-refractivity contribution in [2.45, 2.75) is 51.4 Å². The molecule has 7 heteroatoms. The number of pyridine rings is 1. The Kier molecular flexibility index (Phi) is 6.96. The van der Waals surface area contributed by atoms with Gasteiger partial charge in [-0.1, -0.05) is 24.3 Å². The van der Waals surface area contributed by atoms with E-state index in [1.54, 1.807) is 20.0 Å². The number of hydrogen-bond donors (Lipinski definition) is 2. The lowest BCUT2D eigenvalue weighted by atomic mass is 9.95. The minimum absolute atomic E-state index is 0.0355. The van der Waals surface area contributed by atoms with Crippen LogP contribution in [0.5, 0.6) is 11.6 Å². The van der Waals surface area contributed by atoms with Gasteiger partial charge in [-0.15, -0.1) is 0 Å². The minimum atomic E-state index is -0.875. The number of carbonyl (C=O) groups is 1. The van der Waals surface area contributed by atoms with Crippen molar-refractivity contribution in [2.24, 2.45) is 5.92 Å². The molecule has 2 aliphatic rings. The molecule has 0 spiro atoms. The zero-order valence-corrected chi connectivity index (χ0v) is 18.9. The highest BCUT2D eigenvalue weighted by Crippen LogP contribution is 2.29. The first kappa shape index (κ1) is 22.6. The Balaban J connectivity index is 1.21. The SMILES string of the molecule is CC(C)(O)CNC(=O)C1CCN(Cc2ccc(CC3COc4cccnc4O3)cc2)CC1. The van der Waals surface area contributed by atoms with Crippen molar-refractivity contribution in [3.8, 4) is 11.6 Å². The first-order valence-corrected chi connectivity index (χ1v) is 11.4. The third-order valence-electron chi connectivity index (χ3n) is 5.99. The predicted octanol–water partition coefficient (Wildman–Crippen LogP) is 2.56. The zero-order valence-electron chi connectivity index (χ0n) is 18.9. The van der Waals surface area contributed by atoms with E-state index < -0.39 is 5.60 Å². The van der Waals surface area contributed by atoms with Crippen LogP contribution in [0.2, 0.25) is 0 Å². The number of carbonyl (C=O) groups excluding carboxylic acids is 1. The van der Waals surface area contributed by atoms with Gasteiger partial charge in [0.05, 0.1) is 5.60 Å². The summed E-state index contributed by atoms with van der Waals surface area (Å²) < 4.78 is 11.7. The van der Waals surface area contributed by atoms with Gasteiger partial charge in [0.15, 0.2) is 5.75 Å². The Labute approximate surface area is 189 Å². The zero-order chi connectivity index (χ0) is 22.6. The molecule has 1 atom stereocenters. The van der Waals surface area contributed by atoms with E-state index >= 15 is 0 Å². The predicted molar refractivity (Wildman–Crippen MR) is 122 cm³/mol. The molecule has 1 fully saturated rings. The van der Waals surface area contributed by atoms with Crippen molar-refractivity contribution in [3.05, 3.63) is 53.7 Å². The second kappa shape index (κ2) is 9.88. The van der Waals surface area contributed by atoms with Gasteiger partial charge in [0.2, 0.25) is 5.91 Å². The van der Waals surface area contributed by atoms with E-state index in [2.05, 4.69) is 39.5 Å². The maximum absolute atomic E-state index is 12.3. The van der Waals surface area contributed by atoms with Crippen molar-refractivity contribution in [2.75, 3.05) is 26.2 Å². The minimum Gasteiger partial charge on any atom is -0.484 e. The molecule has 4 rings (SSSR count). The van der Waals surface area contributed by atoms with E-state index in [1.807, 2.05) is 12.1 Å². The van der Waals surface area contributed by atoms with E-state index in [4.69, 9.17) is 9.47 Å². The summed E-state index contributed by atoms with van der Waals surface area (Å²) in [5, 5.41) is 12.7. The van der Waals surface area contributed by atoms with Crippen LogP contribution in [0.15, 0.2) is 42.6 Å². The number of nitrogens with one attached hydrogen (secondary N) is 1. The number of fused-ring (bicyclic) bond motifs is 1. The summed E-state index contributed by atoms with van der Waals surface area (Å²) in [5.41, 5.74) is 1.61. The highest BCUT2D eigenvalue weighted by molar-refractivity contribution is 5.78. The molecular weight excluding hydrogens is 406 g/mol. The number of rotatable bonds is 7. The fourth-order valence-corrected chi connectivity index (χ4v) is 4.15. The van der Waals surface area contributed by atoms with Gasteiger partial charge in [-0.2, -0.15) is 0 Å². The van der Waals surface area contributed by atoms with E-state index in [0.717, 1.165) is 38.9 Å². The standard InChI is InChI=1S/C25H33N3O4/c1-25(2,30)17-27-23(29)20-9-12-28(13-10-20)15-19-7-5-18(6-8-19)14-21-16-31-22-4-3-11-26-24(22)32-21/h3-8,11,20-21,30H,9-10,12-17H2,1-2H3,(H,27,29). The van der Waals surface area contributed by atoms with Crippen LogP contribution in [0.1, 0.15) is 37.8 Å². The summed E-state index contributed by atoms with van der Waals surface area (Å²) in [5.74, 6) is 1.37. The molecule has 1 unspecified atom stereocenters. The second-order valence-electron chi connectivity index (χ2n) is 9.46. The van der Waals surface area contributed by atoms with Crippen LogP contribution < -0.4 is 14.8 Å². The molecule has 1 aromatic heterocycles. The van der Waals surface area contributed by atoms with Gasteiger partial charge in [-0.25, -0.2) is 4.98 Å². The summed E-state index contributed by atoms with van der Waals surface area (Å²) in [4.78, 5) is 19.0. The van der Waals surface area contributed by atoms with E-state index in [9.17, 15) is 9.90 Å². The highest BCUT2D eigenvalue weighted by atomic mass is 16.6. The molecule has 2 aliphatic heterocycles. The maximum Gasteiger partial charge on any atom is 0.257 e. The number of likely N-dealkylation sites (tertiary alicyclic amines) is 1. The van der Waals surface area contributed by atoms with Gasteiger partial charge in [0.25, 0.3) is 5.88 Å². The lowest BCUT2D eigenvalue weighted by Gasteiger charge is -2.32. The van der Waals surface area contributed by atoms with Gasteiger partial charge in [-0.05, 0) is 63.0 Å². The quantitative estimate of drug-likeness (QED) is 0.690.